The van der Waals surface area contributed by atoms with Crippen molar-refractivity contribution in [1.29, 1.82) is 0 Å². The van der Waals surface area contributed by atoms with Gasteiger partial charge in [0.2, 0.25) is 6.79 Å². The van der Waals surface area contributed by atoms with E-state index in [-0.39, 0.29) is 19.4 Å². The van der Waals surface area contributed by atoms with Crippen molar-refractivity contribution in [2.24, 2.45) is 5.73 Å². The first-order chi connectivity index (χ1) is 10.3. The van der Waals surface area contributed by atoms with Gasteiger partial charge in [-0.15, -0.1) is 0 Å². The van der Waals surface area contributed by atoms with E-state index in [4.69, 9.17) is 25.1 Å². The molecule has 0 bridgehead atoms. The fourth-order valence-corrected chi connectivity index (χ4v) is 2.11. The van der Waals surface area contributed by atoms with Crippen LogP contribution in [-0.4, -0.2) is 18.5 Å². The lowest BCUT2D eigenvalue weighted by Crippen LogP contribution is -2.14. The molecule has 110 valence electrons. The molecular formula is C16H17NO4. The molecule has 1 heterocycles. The molecule has 0 amide bonds. The molecule has 1 aliphatic heterocycles. The first-order valence-electron chi connectivity index (χ1n) is 6.74. The van der Waals surface area contributed by atoms with Crippen LogP contribution in [0.15, 0.2) is 42.5 Å². The first-order valence-corrected chi connectivity index (χ1v) is 6.74. The third-order valence-electron chi connectivity index (χ3n) is 3.35. The summed E-state index contributed by atoms with van der Waals surface area (Å²) in [5.74, 6) is 2.27. The zero-order valence-corrected chi connectivity index (χ0v) is 11.5. The lowest BCUT2D eigenvalue weighted by atomic mass is 10.1. The lowest BCUT2D eigenvalue weighted by Gasteiger charge is -2.10. The van der Waals surface area contributed by atoms with E-state index >= 15 is 0 Å². The second-order valence-electron chi connectivity index (χ2n) is 4.83. The second-order valence-corrected chi connectivity index (χ2v) is 4.83. The minimum Gasteiger partial charge on any atom is -0.489 e. The maximum Gasteiger partial charge on any atom is 0.231 e. The van der Waals surface area contributed by atoms with E-state index in [1.54, 1.807) is 0 Å². The monoisotopic (exact) mass is 287 g/mol. The van der Waals surface area contributed by atoms with E-state index in [9.17, 15) is 0 Å². The normalized spacial score (nSPS) is 14.0. The molecule has 0 fully saturated rings. The topological polar surface area (TPSA) is 73.9 Å². The summed E-state index contributed by atoms with van der Waals surface area (Å²) in [5, 5.41) is 9.01. The Hall–Kier alpha value is -2.24. The van der Waals surface area contributed by atoms with E-state index in [1.807, 2.05) is 42.5 Å². The molecule has 0 aliphatic carbocycles. The second kappa shape index (κ2) is 6.03. The van der Waals surface area contributed by atoms with E-state index in [0.29, 0.717) is 6.61 Å². The predicted octanol–water partition coefficient (Wildman–Crippen LogP) is 1.99. The van der Waals surface area contributed by atoms with Gasteiger partial charge in [0.05, 0.1) is 12.6 Å². The summed E-state index contributed by atoms with van der Waals surface area (Å²) < 4.78 is 16.3. The molecule has 3 N–H and O–H groups in total. The van der Waals surface area contributed by atoms with Crippen LogP contribution < -0.4 is 19.9 Å². The van der Waals surface area contributed by atoms with E-state index in [1.165, 1.54) is 0 Å². The average Bonchev–Trinajstić information content (AvgIpc) is 3.00. The standard InChI is InChI=1S/C16H17NO4/c17-14(8-18)12-2-4-13(5-3-12)19-9-11-1-6-15-16(7-11)21-10-20-15/h1-7,14,18H,8-10,17H2/t14-/m1/s1. The molecule has 5 heteroatoms. The van der Waals surface area contributed by atoms with Crippen molar-refractivity contribution >= 4 is 0 Å². The summed E-state index contributed by atoms with van der Waals surface area (Å²) in [6.07, 6.45) is 0. The van der Waals surface area contributed by atoms with Gasteiger partial charge < -0.3 is 25.1 Å². The Bertz CT molecular complexity index is 612. The highest BCUT2D eigenvalue weighted by Crippen LogP contribution is 2.32. The minimum absolute atomic E-state index is 0.0720. The number of nitrogens with two attached hydrogens (primary N) is 1. The molecule has 21 heavy (non-hydrogen) atoms. The number of aliphatic hydroxyl groups excluding tert-OH is 1. The van der Waals surface area contributed by atoms with Crippen LogP contribution in [0.2, 0.25) is 0 Å². The largest absolute Gasteiger partial charge is 0.489 e. The van der Waals surface area contributed by atoms with Crippen molar-refractivity contribution in [2.75, 3.05) is 13.4 Å². The number of benzene rings is 2. The zero-order valence-electron chi connectivity index (χ0n) is 11.5. The van der Waals surface area contributed by atoms with Crippen molar-refractivity contribution in [3.63, 3.8) is 0 Å². The number of hydrogen-bond acceptors (Lipinski definition) is 5. The van der Waals surface area contributed by atoms with Gasteiger partial charge in [0.1, 0.15) is 12.4 Å². The number of rotatable bonds is 5. The van der Waals surface area contributed by atoms with Gasteiger partial charge in [-0.05, 0) is 35.4 Å². The Labute approximate surface area is 122 Å². The maximum atomic E-state index is 9.01. The molecule has 0 spiro atoms. The van der Waals surface area contributed by atoms with Gasteiger partial charge in [-0.1, -0.05) is 18.2 Å². The average molecular weight is 287 g/mol. The highest BCUT2D eigenvalue weighted by Gasteiger charge is 2.13. The third kappa shape index (κ3) is 3.09. The Morgan fingerprint density at radius 1 is 1.10 bits per heavy atom. The van der Waals surface area contributed by atoms with Crippen molar-refractivity contribution in [1.82, 2.24) is 0 Å². The molecule has 3 rings (SSSR count). The Kier molecular flexibility index (Phi) is 3.94. The maximum absolute atomic E-state index is 9.01. The van der Waals surface area contributed by atoms with E-state index in [0.717, 1.165) is 28.4 Å². The van der Waals surface area contributed by atoms with Crippen molar-refractivity contribution in [2.45, 2.75) is 12.6 Å². The summed E-state index contributed by atoms with van der Waals surface area (Å²) in [7, 11) is 0. The Morgan fingerprint density at radius 3 is 2.62 bits per heavy atom. The molecule has 5 nitrogen and oxygen atoms in total. The molecule has 0 radical (unpaired) electrons. The van der Waals surface area contributed by atoms with Gasteiger partial charge in [-0.3, -0.25) is 0 Å². The predicted molar refractivity (Wildman–Crippen MR) is 77.4 cm³/mol. The molecular weight excluding hydrogens is 270 g/mol. The van der Waals surface area contributed by atoms with Gasteiger partial charge in [-0.2, -0.15) is 0 Å². The van der Waals surface area contributed by atoms with Crippen molar-refractivity contribution < 1.29 is 19.3 Å². The van der Waals surface area contributed by atoms with Crippen LogP contribution in [0.1, 0.15) is 17.2 Å². The quantitative estimate of drug-likeness (QED) is 0.879. The number of hydrogen-bond donors (Lipinski definition) is 2. The summed E-state index contributed by atoms with van der Waals surface area (Å²) >= 11 is 0. The van der Waals surface area contributed by atoms with E-state index < -0.39 is 0 Å². The zero-order chi connectivity index (χ0) is 14.7. The molecule has 0 unspecified atom stereocenters. The van der Waals surface area contributed by atoms with Crippen LogP contribution in [-0.2, 0) is 6.61 Å². The smallest absolute Gasteiger partial charge is 0.231 e. The van der Waals surface area contributed by atoms with E-state index in [2.05, 4.69) is 0 Å². The van der Waals surface area contributed by atoms with Crippen molar-refractivity contribution in [3.8, 4) is 17.2 Å². The summed E-state index contributed by atoms with van der Waals surface area (Å²) in [6, 6.07) is 12.8. The molecule has 1 aliphatic rings. The van der Waals surface area contributed by atoms with Gasteiger partial charge in [-0.25, -0.2) is 0 Å². The molecule has 2 aromatic rings. The van der Waals surface area contributed by atoms with Crippen LogP contribution in [0.25, 0.3) is 0 Å². The Morgan fingerprint density at radius 2 is 1.86 bits per heavy atom. The van der Waals surface area contributed by atoms with Crippen LogP contribution in [0.4, 0.5) is 0 Å². The fourth-order valence-electron chi connectivity index (χ4n) is 2.11. The SMILES string of the molecule is N[C@H](CO)c1ccc(OCc2ccc3c(c2)OCO3)cc1. The first kappa shape index (κ1) is 13.7. The van der Waals surface area contributed by atoms with Crippen molar-refractivity contribution in [3.05, 3.63) is 53.6 Å². The number of fused-ring (bicyclic) bond motifs is 1. The van der Waals surface area contributed by atoms with Crippen LogP contribution in [0, 0.1) is 0 Å². The minimum atomic E-state index is -0.354. The highest BCUT2D eigenvalue weighted by atomic mass is 16.7. The fraction of sp³-hybridized carbons (Fsp3) is 0.250. The molecule has 0 saturated carbocycles. The lowest BCUT2D eigenvalue weighted by molar-refractivity contribution is 0.174. The molecule has 0 aromatic heterocycles. The molecule has 2 aromatic carbocycles. The van der Waals surface area contributed by atoms with Gasteiger partial charge in [0, 0.05) is 0 Å². The van der Waals surface area contributed by atoms with Crippen LogP contribution in [0.3, 0.4) is 0 Å². The number of ether oxygens (including phenoxy) is 3. The Balaban J connectivity index is 1.62. The summed E-state index contributed by atoms with van der Waals surface area (Å²) in [4.78, 5) is 0. The van der Waals surface area contributed by atoms with Gasteiger partial charge in [0.25, 0.3) is 0 Å². The molecule has 0 saturated heterocycles. The van der Waals surface area contributed by atoms with Gasteiger partial charge in [0.15, 0.2) is 11.5 Å². The third-order valence-corrected chi connectivity index (χ3v) is 3.35. The van der Waals surface area contributed by atoms with Crippen LogP contribution >= 0.6 is 0 Å². The van der Waals surface area contributed by atoms with Crippen LogP contribution in [0.5, 0.6) is 17.2 Å². The summed E-state index contributed by atoms with van der Waals surface area (Å²) in [6.45, 7) is 0.645. The summed E-state index contributed by atoms with van der Waals surface area (Å²) in [5.41, 5.74) is 7.64. The highest BCUT2D eigenvalue weighted by molar-refractivity contribution is 5.44. The number of aliphatic hydroxyl groups is 1. The molecule has 1 atom stereocenters. The van der Waals surface area contributed by atoms with Gasteiger partial charge >= 0.3 is 0 Å².